The molecule has 0 bridgehead atoms. The van der Waals surface area contributed by atoms with E-state index in [-0.39, 0.29) is 6.10 Å². The van der Waals surface area contributed by atoms with Gasteiger partial charge < -0.3 is 0 Å². The van der Waals surface area contributed by atoms with Crippen molar-refractivity contribution in [3.8, 4) is 0 Å². The summed E-state index contributed by atoms with van der Waals surface area (Å²) in [6.07, 6.45) is 8.53. The second-order valence-electron chi connectivity index (χ2n) is 3.46. The van der Waals surface area contributed by atoms with E-state index in [1.807, 2.05) is 0 Å². The Labute approximate surface area is 83.3 Å². The van der Waals surface area contributed by atoms with Gasteiger partial charge in [-0.2, -0.15) is 0 Å². The lowest BCUT2D eigenvalue weighted by atomic mass is 10.1. The maximum absolute atomic E-state index is 10.3. The summed E-state index contributed by atoms with van der Waals surface area (Å²) in [6.45, 7) is 4.34. The summed E-state index contributed by atoms with van der Waals surface area (Å²) in [7, 11) is -0.590. The van der Waals surface area contributed by atoms with Crippen molar-refractivity contribution in [1.82, 2.24) is 0 Å². The fourth-order valence-electron chi connectivity index (χ4n) is 1.45. The summed E-state index contributed by atoms with van der Waals surface area (Å²) in [5.41, 5.74) is 0. The Hall–Kier alpha value is 0.0600. The molecule has 0 amide bonds. The fourth-order valence-corrected chi connectivity index (χ4v) is 1.82. The van der Waals surface area contributed by atoms with Gasteiger partial charge in [-0.05, 0) is 17.4 Å². The van der Waals surface area contributed by atoms with Crippen LogP contribution in [0.1, 0.15) is 58.8 Å². The zero-order valence-corrected chi connectivity index (χ0v) is 9.84. The van der Waals surface area contributed by atoms with Crippen LogP contribution in [0.15, 0.2) is 0 Å². The van der Waals surface area contributed by atoms with Crippen molar-refractivity contribution in [2.24, 2.45) is 0 Å². The molecule has 2 nitrogen and oxygen atoms in total. The molecule has 0 N–H and O–H groups in total. The Morgan fingerprint density at radius 2 is 1.85 bits per heavy atom. The summed E-state index contributed by atoms with van der Waals surface area (Å²) in [5, 5.41) is 0. The number of hydrogen-bond donors (Lipinski definition) is 0. The second-order valence-corrected chi connectivity index (χ2v) is 3.86. The summed E-state index contributed by atoms with van der Waals surface area (Å²) in [6, 6.07) is 0. The zero-order chi connectivity index (χ0) is 9.94. The molecule has 0 aliphatic rings. The van der Waals surface area contributed by atoms with Crippen molar-refractivity contribution in [2.45, 2.75) is 64.9 Å². The monoisotopic (exact) mass is 205 g/mol. The normalized spacial score (nSPS) is 13.4. The van der Waals surface area contributed by atoms with Gasteiger partial charge in [0.2, 0.25) is 0 Å². The third kappa shape index (κ3) is 8.39. The van der Waals surface area contributed by atoms with Crippen molar-refractivity contribution < 1.29 is 9.09 Å². The van der Waals surface area contributed by atoms with Crippen LogP contribution in [0.3, 0.4) is 0 Å². The molecule has 78 valence electrons. The third-order valence-electron chi connectivity index (χ3n) is 2.21. The van der Waals surface area contributed by atoms with Gasteiger partial charge in [-0.15, -0.1) is 4.52 Å². The number of unbranched alkanes of at least 4 members (excludes halogenated alkanes) is 3. The van der Waals surface area contributed by atoms with Gasteiger partial charge in [0.15, 0.2) is 0 Å². The number of hydrogen-bond acceptors (Lipinski definition) is 2. The SMILES string of the molecule is CCCCCCC(CCC)O[PH+]=O. The van der Waals surface area contributed by atoms with Gasteiger partial charge in [-0.25, -0.2) is 0 Å². The quantitative estimate of drug-likeness (QED) is 0.418. The second kappa shape index (κ2) is 10.1. The van der Waals surface area contributed by atoms with Crippen LogP contribution in [-0.4, -0.2) is 6.10 Å². The topological polar surface area (TPSA) is 26.3 Å². The largest absolute Gasteiger partial charge is 0.494 e. The Balaban J connectivity index is 3.38. The van der Waals surface area contributed by atoms with Crippen molar-refractivity contribution >= 4 is 8.69 Å². The third-order valence-corrected chi connectivity index (χ3v) is 2.63. The van der Waals surface area contributed by atoms with E-state index in [4.69, 9.17) is 4.52 Å². The van der Waals surface area contributed by atoms with E-state index < -0.39 is 8.69 Å². The van der Waals surface area contributed by atoms with Crippen LogP contribution >= 0.6 is 8.69 Å². The molecule has 2 unspecified atom stereocenters. The molecule has 0 aromatic rings. The predicted molar refractivity (Wildman–Crippen MR) is 57.5 cm³/mol. The molecule has 0 rings (SSSR count). The number of rotatable bonds is 9. The predicted octanol–water partition coefficient (Wildman–Crippen LogP) is 4.08. The summed E-state index contributed by atoms with van der Waals surface area (Å²) in [5.74, 6) is 0. The van der Waals surface area contributed by atoms with Gasteiger partial charge in [0, 0.05) is 0 Å². The first-order chi connectivity index (χ1) is 6.35. The zero-order valence-electron chi connectivity index (χ0n) is 8.84. The average Bonchev–Trinajstić information content (AvgIpc) is 2.13. The van der Waals surface area contributed by atoms with Crippen LogP contribution in [0.25, 0.3) is 0 Å². The molecule has 0 aromatic heterocycles. The first-order valence-electron chi connectivity index (χ1n) is 5.37. The van der Waals surface area contributed by atoms with Crippen LogP contribution in [0.5, 0.6) is 0 Å². The first-order valence-corrected chi connectivity index (χ1v) is 6.19. The van der Waals surface area contributed by atoms with Crippen molar-refractivity contribution in [3.63, 3.8) is 0 Å². The first kappa shape index (κ1) is 13.1. The molecular weight excluding hydrogens is 183 g/mol. The lowest BCUT2D eigenvalue weighted by molar-refractivity contribution is 0.195. The van der Waals surface area contributed by atoms with Crippen molar-refractivity contribution in [1.29, 1.82) is 0 Å². The van der Waals surface area contributed by atoms with Crippen LogP contribution in [0, 0.1) is 0 Å². The highest BCUT2D eigenvalue weighted by molar-refractivity contribution is 7.17. The minimum absolute atomic E-state index is 0.234. The van der Waals surface area contributed by atoms with Gasteiger partial charge in [0.1, 0.15) is 6.10 Å². The van der Waals surface area contributed by atoms with E-state index in [9.17, 15) is 4.57 Å². The molecule has 2 atom stereocenters. The summed E-state index contributed by atoms with van der Waals surface area (Å²) >= 11 is 0. The lowest BCUT2D eigenvalue weighted by Crippen LogP contribution is -2.06. The van der Waals surface area contributed by atoms with Gasteiger partial charge in [-0.1, -0.05) is 46.0 Å². The van der Waals surface area contributed by atoms with Gasteiger partial charge in [-0.3, -0.25) is 0 Å². The smallest absolute Gasteiger partial charge is 0.145 e. The maximum Gasteiger partial charge on any atom is 0.494 e. The van der Waals surface area contributed by atoms with E-state index in [1.165, 1.54) is 25.7 Å². The lowest BCUT2D eigenvalue weighted by Gasteiger charge is -2.07. The fraction of sp³-hybridized carbons (Fsp3) is 1.00. The maximum atomic E-state index is 10.3. The van der Waals surface area contributed by atoms with Gasteiger partial charge in [0.25, 0.3) is 0 Å². The molecule has 0 aromatic carbocycles. The van der Waals surface area contributed by atoms with Crippen molar-refractivity contribution in [2.75, 3.05) is 0 Å². The van der Waals surface area contributed by atoms with E-state index in [1.54, 1.807) is 0 Å². The molecule has 0 aliphatic heterocycles. The molecule has 0 saturated carbocycles. The van der Waals surface area contributed by atoms with Crippen LogP contribution in [-0.2, 0) is 9.09 Å². The van der Waals surface area contributed by atoms with E-state index in [0.29, 0.717) is 0 Å². The average molecular weight is 205 g/mol. The Bertz CT molecular complexity index is 117. The molecule has 0 aliphatic carbocycles. The Morgan fingerprint density at radius 1 is 1.08 bits per heavy atom. The summed E-state index contributed by atoms with van der Waals surface area (Å²) in [4.78, 5) is 0. The van der Waals surface area contributed by atoms with E-state index in [0.717, 1.165) is 19.3 Å². The van der Waals surface area contributed by atoms with Gasteiger partial charge >= 0.3 is 8.69 Å². The molecule has 0 radical (unpaired) electrons. The molecule has 0 saturated heterocycles. The van der Waals surface area contributed by atoms with Crippen molar-refractivity contribution in [3.05, 3.63) is 0 Å². The molecule has 0 heterocycles. The molecule has 0 spiro atoms. The molecular formula is C10H22O2P+. The van der Waals surface area contributed by atoms with Crippen LogP contribution in [0.4, 0.5) is 0 Å². The highest BCUT2D eigenvalue weighted by Crippen LogP contribution is 2.16. The highest BCUT2D eigenvalue weighted by atomic mass is 31.1. The minimum atomic E-state index is -0.590. The molecule has 0 fully saturated rings. The molecule has 3 heteroatoms. The van der Waals surface area contributed by atoms with Crippen LogP contribution < -0.4 is 0 Å². The van der Waals surface area contributed by atoms with Gasteiger partial charge in [0.05, 0.1) is 0 Å². The van der Waals surface area contributed by atoms with Crippen LogP contribution in [0.2, 0.25) is 0 Å². The van der Waals surface area contributed by atoms with E-state index in [2.05, 4.69) is 13.8 Å². The standard InChI is InChI=1S/C10H22O2P/c1-3-5-6-7-9-10(8-4-2)12-13-11/h10,13H,3-9H2,1-2H3/q+1. The van der Waals surface area contributed by atoms with E-state index >= 15 is 0 Å². The Morgan fingerprint density at radius 3 is 2.38 bits per heavy atom. The highest BCUT2D eigenvalue weighted by Gasteiger charge is 2.11. The molecule has 13 heavy (non-hydrogen) atoms. The minimum Gasteiger partial charge on any atom is -0.145 e. The summed E-state index contributed by atoms with van der Waals surface area (Å²) < 4.78 is 15.4. The Kier molecular flexibility index (Phi) is 10.2.